The molecule has 7 aromatic rings. The van der Waals surface area contributed by atoms with Crippen molar-refractivity contribution >= 4 is 68.6 Å². The highest BCUT2D eigenvalue weighted by Crippen LogP contribution is 2.42. The van der Waals surface area contributed by atoms with Gasteiger partial charge < -0.3 is 14.4 Å². The number of thiophene rings is 2. The number of anilines is 3. The fraction of sp³-hybridized carbons (Fsp3) is 0.240. The number of ether oxygens (including phenoxy) is 2. The van der Waals surface area contributed by atoms with Gasteiger partial charge in [-0.2, -0.15) is 0 Å². The molecule has 0 saturated carbocycles. The third-order valence-electron chi connectivity index (χ3n) is 11.0. The van der Waals surface area contributed by atoms with Gasteiger partial charge in [-0.1, -0.05) is 131 Å². The highest BCUT2D eigenvalue weighted by molar-refractivity contribution is 7.34. The molecule has 1 aliphatic rings. The minimum Gasteiger partial charge on any atom is -0.494 e. The van der Waals surface area contributed by atoms with E-state index in [0.717, 1.165) is 54.6 Å². The highest BCUT2D eigenvalue weighted by atomic mass is 32.1. The normalized spacial score (nSPS) is 12.6. The Morgan fingerprint density at radius 2 is 1.00 bits per heavy atom. The van der Waals surface area contributed by atoms with Gasteiger partial charge in [0.2, 0.25) is 0 Å². The van der Waals surface area contributed by atoms with Crippen LogP contribution in [0.2, 0.25) is 0 Å². The van der Waals surface area contributed by atoms with E-state index in [4.69, 9.17) is 9.47 Å². The molecule has 3 nitrogen and oxygen atoms in total. The minimum absolute atomic E-state index is 0.755. The van der Waals surface area contributed by atoms with Gasteiger partial charge in [0.05, 0.1) is 13.2 Å². The predicted octanol–water partition coefficient (Wildman–Crippen LogP) is 12.2. The lowest BCUT2D eigenvalue weighted by Crippen LogP contribution is -2.72. The lowest BCUT2D eigenvalue weighted by atomic mass is 10.1. The third-order valence-corrected chi connectivity index (χ3v) is 18.4. The summed E-state index contributed by atoms with van der Waals surface area (Å²) < 4.78 is 12.2. The molecule has 0 bridgehead atoms. The third kappa shape index (κ3) is 7.75. The first kappa shape index (κ1) is 38.0. The summed E-state index contributed by atoms with van der Waals surface area (Å²) in [5.41, 5.74) is 4.53. The zero-order valence-electron chi connectivity index (χ0n) is 32.6. The summed E-state index contributed by atoms with van der Waals surface area (Å²) in [6, 6.07) is 53.7. The van der Waals surface area contributed by atoms with E-state index in [-0.39, 0.29) is 0 Å². The van der Waals surface area contributed by atoms with Gasteiger partial charge in [-0.15, -0.1) is 22.7 Å². The van der Waals surface area contributed by atoms with Crippen LogP contribution in [0.5, 0.6) is 11.5 Å². The Bertz CT molecular complexity index is 2180. The summed E-state index contributed by atoms with van der Waals surface area (Å²) in [5.74, 6) is 1.83. The summed E-state index contributed by atoms with van der Waals surface area (Å²) in [7, 11) is -2.45. The van der Waals surface area contributed by atoms with Crippen molar-refractivity contribution in [3.8, 4) is 31.7 Å². The van der Waals surface area contributed by atoms with E-state index >= 15 is 0 Å². The van der Waals surface area contributed by atoms with E-state index in [2.05, 4.69) is 170 Å². The molecular weight excluding hydrogens is 739 g/mol. The summed E-state index contributed by atoms with van der Waals surface area (Å²) in [6.07, 6.45) is 9.57. The molecule has 6 heteroatoms. The Morgan fingerprint density at radius 3 is 1.50 bits per heavy atom. The number of hydrogen-bond donors (Lipinski definition) is 0. The van der Waals surface area contributed by atoms with Gasteiger partial charge in [0.15, 0.2) is 8.07 Å². The van der Waals surface area contributed by atoms with E-state index in [1.807, 2.05) is 22.7 Å². The van der Waals surface area contributed by atoms with Crippen molar-refractivity contribution in [2.24, 2.45) is 0 Å². The second kappa shape index (κ2) is 17.9. The number of benzene rings is 5. The quantitative estimate of drug-likeness (QED) is 0.0638. The molecule has 56 heavy (non-hydrogen) atoms. The standard InChI is InChI=1S/C50H51NO2S2Si/c1-3-5-7-15-34-52-42-29-25-40(26-30-42)51(41-27-31-43(32-28-41)53-35-16-8-6-4-2)39-23-21-38(22-24-39)46-37-48-50(55-46)49-47(33-36-54-49)56(48,44-17-11-9-12-18-44)45-19-13-10-14-20-45/h9-14,17-33,36-37H,3-8,15-16,34-35H2,1-2H3. The first-order valence-electron chi connectivity index (χ1n) is 20.4. The number of hydrogen-bond acceptors (Lipinski definition) is 5. The molecule has 2 aromatic heterocycles. The molecule has 0 amide bonds. The number of nitrogens with zero attached hydrogens (tertiary/aromatic N) is 1. The molecule has 0 fully saturated rings. The Morgan fingerprint density at radius 1 is 0.500 bits per heavy atom. The lowest BCUT2D eigenvalue weighted by molar-refractivity contribution is 0.305. The van der Waals surface area contributed by atoms with Crippen LogP contribution >= 0.6 is 22.7 Å². The average molecular weight is 790 g/mol. The largest absolute Gasteiger partial charge is 0.494 e. The summed E-state index contributed by atoms with van der Waals surface area (Å²) >= 11 is 3.84. The molecule has 5 aromatic carbocycles. The van der Waals surface area contributed by atoms with Crippen LogP contribution in [0.25, 0.3) is 20.2 Å². The Balaban J connectivity index is 1.11. The van der Waals surface area contributed by atoms with Crippen molar-refractivity contribution in [3.63, 3.8) is 0 Å². The van der Waals surface area contributed by atoms with Crippen LogP contribution in [0.1, 0.15) is 65.2 Å². The fourth-order valence-corrected chi connectivity index (χ4v) is 16.7. The lowest BCUT2D eigenvalue weighted by Gasteiger charge is -2.29. The van der Waals surface area contributed by atoms with Crippen molar-refractivity contribution in [2.75, 3.05) is 18.1 Å². The molecule has 284 valence electrons. The summed E-state index contributed by atoms with van der Waals surface area (Å²) in [6.45, 7) is 5.99. The number of rotatable bonds is 18. The van der Waals surface area contributed by atoms with Crippen molar-refractivity contribution < 1.29 is 9.47 Å². The highest BCUT2D eigenvalue weighted by Gasteiger charge is 2.50. The molecule has 0 aliphatic carbocycles. The van der Waals surface area contributed by atoms with Gasteiger partial charge in [0, 0.05) is 31.7 Å². The van der Waals surface area contributed by atoms with Crippen molar-refractivity contribution in [1.29, 1.82) is 0 Å². The molecule has 0 spiro atoms. The SMILES string of the molecule is CCCCCCOc1ccc(N(c2ccc(OCCCCCC)cc2)c2ccc(-c3cc4c(s3)-c3sccc3[Si]4(c3ccccc3)c3ccccc3)cc2)cc1. The molecule has 0 saturated heterocycles. The minimum atomic E-state index is -2.45. The van der Waals surface area contributed by atoms with E-state index in [9.17, 15) is 0 Å². The smallest absolute Gasteiger partial charge is 0.182 e. The number of fused-ring (bicyclic) bond motifs is 3. The maximum atomic E-state index is 6.12. The van der Waals surface area contributed by atoms with Crippen LogP contribution in [0.15, 0.2) is 151 Å². The van der Waals surface area contributed by atoms with E-state index in [1.165, 1.54) is 79.5 Å². The second-order valence-electron chi connectivity index (χ2n) is 14.7. The Hall–Kier alpha value is -4.88. The molecule has 0 atom stereocenters. The van der Waals surface area contributed by atoms with E-state index < -0.39 is 8.07 Å². The molecule has 8 rings (SSSR count). The van der Waals surface area contributed by atoms with Gasteiger partial charge in [0.1, 0.15) is 11.5 Å². The van der Waals surface area contributed by atoms with Gasteiger partial charge in [0.25, 0.3) is 0 Å². The first-order valence-corrected chi connectivity index (χ1v) is 24.1. The van der Waals surface area contributed by atoms with Gasteiger partial charge in [-0.05, 0) is 111 Å². The zero-order chi connectivity index (χ0) is 38.2. The van der Waals surface area contributed by atoms with Gasteiger partial charge >= 0.3 is 0 Å². The maximum absolute atomic E-state index is 6.12. The summed E-state index contributed by atoms with van der Waals surface area (Å²) in [4.78, 5) is 6.53. The van der Waals surface area contributed by atoms with Crippen LogP contribution in [-0.4, -0.2) is 21.3 Å². The fourth-order valence-electron chi connectivity index (χ4n) is 8.11. The maximum Gasteiger partial charge on any atom is 0.182 e. The Labute approximate surface area is 342 Å². The Kier molecular flexibility index (Phi) is 12.2. The number of unbranched alkanes of at least 4 members (excludes halogenated alkanes) is 6. The topological polar surface area (TPSA) is 21.7 Å². The second-order valence-corrected chi connectivity index (χ2v) is 20.4. The average Bonchev–Trinajstić information content (AvgIpc) is 3.97. The molecular formula is C50H51NO2S2Si. The van der Waals surface area contributed by atoms with Crippen LogP contribution in [0, 0.1) is 0 Å². The van der Waals surface area contributed by atoms with Crippen molar-refractivity contribution in [2.45, 2.75) is 65.2 Å². The van der Waals surface area contributed by atoms with Crippen molar-refractivity contribution in [1.82, 2.24) is 0 Å². The molecule has 1 aliphatic heterocycles. The van der Waals surface area contributed by atoms with Crippen LogP contribution in [0.3, 0.4) is 0 Å². The van der Waals surface area contributed by atoms with Crippen molar-refractivity contribution in [3.05, 3.63) is 151 Å². The summed E-state index contributed by atoms with van der Waals surface area (Å²) in [5, 5.41) is 8.23. The van der Waals surface area contributed by atoms with Gasteiger partial charge in [-0.3, -0.25) is 0 Å². The zero-order valence-corrected chi connectivity index (χ0v) is 35.2. The monoisotopic (exact) mass is 789 g/mol. The first-order chi connectivity index (χ1) is 27.7. The van der Waals surface area contributed by atoms with Crippen LogP contribution in [0.4, 0.5) is 17.1 Å². The van der Waals surface area contributed by atoms with Crippen LogP contribution < -0.4 is 35.1 Å². The molecule has 0 N–H and O–H groups in total. The van der Waals surface area contributed by atoms with E-state index in [1.54, 1.807) is 0 Å². The molecule has 0 radical (unpaired) electrons. The predicted molar refractivity (Wildman–Crippen MR) is 244 cm³/mol. The van der Waals surface area contributed by atoms with E-state index in [0.29, 0.717) is 0 Å². The molecule has 3 heterocycles. The van der Waals surface area contributed by atoms with Gasteiger partial charge in [-0.25, -0.2) is 0 Å². The van der Waals surface area contributed by atoms with Crippen LogP contribution in [-0.2, 0) is 0 Å². The molecule has 0 unspecified atom stereocenters.